The summed E-state index contributed by atoms with van der Waals surface area (Å²) in [6.45, 7) is 4.34. The van der Waals surface area contributed by atoms with Gasteiger partial charge in [-0.2, -0.15) is 5.26 Å². The zero-order chi connectivity index (χ0) is 17.4. The van der Waals surface area contributed by atoms with Gasteiger partial charge in [-0.1, -0.05) is 30.0 Å². The molecule has 1 aromatic heterocycles. The van der Waals surface area contributed by atoms with Crippen LogP contribution in [0.1, 0.15) is 17.1 Å². The number of rotatable bonds is 7. The number of thioether (sulfide) groups is 1. The lowest BCUT2D eigenvalue weighted by Gasteiger charge is -2.08. The summed E-state index contributed by atoms with van der Waals surface area (Å²) in [6.07, 6.45) is 0. The van der Waals surface area contributed by atoms with Gasteiger partial charge in [0.2, 0.25) is 5.91 Å². The fourth-order valence-electron chi connectivity index (χ4n) is 1.98. The first-order valence-electron chi connectivity index (χ1n) is 7.43. The SMILES string of the molecule is Cc1nc(C)c(C#N)c(SCC(=O)NCCOc2ccccc2)n1. The highest BCUT2D eigenvalue weighted by Gasteiger charge is 2.12. The van der Waals surface area contributed by atoms with Crippen LogP contribution in [0.15, 0.2) is 35.4 Å². The van der Waals surface area contributed by atoms with Crippen LogP contribution in [0.25, 0.3) is 0 Å². The van der Waals surface area contributed by atoms with E-state index >= 15 is 0 Å². The molecular formula is C17H18N4O2S. The Morgan fingerprint density at radius 1 is 1.29 bits per heavy atom. The number of ether oxygens (including phenoxy) is 1. The summed E-state index contributed by atoms with van der Waals surface area (Å²) in [7, 11) is 0. The quantitative estimate of drug-likeness (QED) is 0.472. The molecule has 0 aliphatic carbocycles. The van der Waals surface area contributed by atoms with Crippen molar-refractivity contribution < 1.29 is 9.53 Å². The second-order valence-corrected chi connectivity index (χ2v) is 5.91. The summed E-state index contributed by atoms with van der Waals surface area (Å²) in [5.41, 5.74) is 1.05. The minimum absolute atomic E-state index is 0.130. The maximum Gasteiger partial charge on any atom is 0.230 e. The third-order valence-corrected chi connectivity index (χ3v) is 4.03. The van der Waals surface area contributed by atoms with E-state index in [1.807, 2.05) is 30.3 Å². The first-order valence-corrected chi connectivity index (χ1v) is 8.41. The molecule has 0 fully saturated rings. The van der Waals surface area contributed by atoms with Gasteiger partial charge < -0.3 is 10.1 Å². The molecule has 6 nitrogen and oxygen atoms in total. The van der Waals surface area contributed by atoms with E-state index in [0.29, 0.717) is 35.3 Å². The van der Waals surface area contributed by atoms with Crippen LogP contribution < -0.4 is 10.1 Å². The number of nitrogens with zero attached hydrogens (tertiary/aromatic N) is 3. The molecule has 0 bridgehead atoms. The van der Waals surface area contributed by atoms with Crippen LogP contribution in [0.3, 0.4) is 0 Å². The van der Waals surface area contributed by atoms with Gasteiger partial charge in [-0.05, 0) is 26.0 Å². The van der Waals surface area contributed by atoms with Crippen molar-refractivity contribution in [3.8, 4) is 11.8 Å². The number of carbonyl (C=O) groups excluding carboxylic acids is 1. The maximum atomic E-state index is 11.9. The minimum Gasteiger partial charge on any atom is -0.492 e. The summed E-state index contributed by atoms with van der Waals surface area (Å²) in [5, 5.41) is 12.5. The summed E-state index contributed by atoms with van der Waals surface area (Å²) in [4.78, 5) is 20.3. The van der Waals surface area contributed by atoms with Gasteiger partial charge in [-0.3, -0.25) is 4.79 Å². The second kappa shape index (κ2) is 8.89. The van der Waals surface area contributed by atoms with Gasteiger partial charge in [0.15, 0.2) is 0 Å². The van der Waals surface area contributed by atoms with Crippen molar-refractivity contribution >= 4 is 17.7 Å². The van der Waals surface area contributed by atoms with E-state index in [-0.39, 0.29) is 11.7 Å². The molecule has 1 amide bonds. The van der Waals surface area contributed by atoms with Crippen LogP contribution in [0.5, 0.6) is 5.75 Å². The Balaban J connectivity index is 1.77. The van der Waals surface area contributed by atoms with Crippen LogP contribution in [0.2, 0.25) is 0 Å². The highest BCUT2D eigenvalue weighted by molar-refractivity contribution is 8.00. The van der Waals surface area contributed by atoms with Crippen molar-refractivity contribution in [1.82, 2.24) is 15.3 Å². The monoisotopic (exact) mass is 342 g/mol. The van der Waals surface area contributed by atoms with Crippen molar-refractivity contribution in [2.45, 2.75) is 18.9 Å². The average Bonchev–Trinajstić information content (AvgIpc) is 2.57. The zero-order valence-electron chi connectivity index (χ0n) is 13.6. The molecule has 2 aromatic rings. The predicted molar refractivity (Wildman–Crippen MR) is 91.9 cm³/mol. The molecule has 2 rings (SSSR count). The van der Waals surface area contributed by atoms with E-state index in [4.69, 9.17) is 4.74 Å². The lowest BCUT2D eigenvalue weighted by atomic mass is 10.3. The number of aryl methyl sites for hydroxylation is 2. The molecule has 1 N–H and O–H groups in total. The van der Waals surface area contributed by atoms with Crippen molar-refractivity contribution in [1.29, 1.82) is 5.26 Å². The fourth-order valence-corrected chi connectivity index (χ4v) is 2.88. The van der Waals surface area contributed by atoms with Gasteiger partial charge in [0.25, 0.3) is 0 Å². The smallest absolute Gasteiger partial charge is 0.230 e. The lowest BCUT2D eigenvalue weighted by molar-refractivity contribution is -0.118. The number of hydrogen-bond donors (Lipinski definition) is 1. The van der Waals surface area contributed by atoms with Crippen LogP contribution in [0, 0.1) is 25.2 Å². The molecule has 0 atom stereocenters. The Morgan fingerprint density at radius 2 is 2.04 bits per heavy atom. The van der Waals surface area contributed by atoms with E-state index in [1.165, 1.54) is 11.8 Å². The Labute approximate surface area is 145 Å². The Bertz CT molecular complexity index is 744. The minimum atomic E-state index is -0.130. The number of nitriles is 1. The molecule has 0 aliphatic heterocycles. The van der Waals surface area contributed by atoms with Gasteiger partial charge in [-0.25, -0.2) is 9.97 Å². The molecule has 0 spiro atoms. The van der Waals surface area contributed by atoms with Gasteiger partial charge in [0.05, 0.1) is 18.0 Å². The molecule has 1 aromatic carbocycles. The molecule has 0 saturated carbocycles. The maximum absolute atomic E-state index is 11.9. The van der Waals surface area contributed by atoms with E-state index in [0.717, 1.165) is 5.75 Å². The van der Waals surface area contributed by atoms with Gasteiger partial charge in [-0.15, -0.1) is 0 Å². The van der Waals surface area contributed by atoms with Crippen LogP contribution in [0.4, 0.5) is 0 Å². The summed E-state index contributed by atoms with van der Waals surface area (Å²) < 4.78 is 5.50. The average molecular weight is 342 g/mol. The van der Waals surface area contributed by atoms with Crippen molar-refractivity contribution in [2.24, 2.45) is 0 Å². The van der Waals surface area contributed by atoms with Crippen LogP contribution >= 0.6 is 11.8 Å². The Kier molecular flexibility index (Phi) is 6.58. The van der Waals surface area contributed by atoms with E-state index in [2.05, 4.69) is 21.4 Å². The summed E-state index contributed by atoms with van der Waals surface area (Å²) in [5.74, 6) is 1.42. The standard InChI is InChI=1S/C17H18N4O2S/c1-12-15(10-18)17(21-13(2)20-12)24-11-16(22)19-8-9-23-14-6-4-3-5-7-14/h3-7H,8-9,11H2,1-2H3,(H,19,22). The molecule has 24 heavy (non-hydrogen) atoms. The van der Waals surface area contributed by atoms with Crippen molar-refractivity contribution in [3.05, 3.63) is 47.4 Å². The van der Waals surface area contributed by atoms with Gasteiger partial charge in [0.1, 0.15) is 34.8 Å². The van der Waals surface area contributed by atoms with Gasteiger partial charge >= 0.3 is 0 Å². The largest absolute Gasteiger partial charge is 0.492 e. The summed E-state index contributed by atoms with van der Waals surface area (Å²) in [6, 6.07) is 11.5. The predicted octanol–water partition coefficient (Wildman–Crippen LogP) is 2.25. The number of benzene rings is 1. The fraction of sp³-hybridized carbons (Fsp3) is 0.294. The number of hydrogen-bond acceptors (Lipinski definition) is 6. The van der Waals surface area contributed by atoms with E-state index in [1.54, 1.807) is 13.8 Å². The number of aromatic nitrogens is 2. The number of para-hydroxylation sites is 1. The third kappa shape index (κ3) is 5.25. The highest BCUT2D eigenvalue weighted by atomic mass is 32.2. The molecule has 124 valence electrons. The number of amides is 1. The first-order chi connectivity index (χ1) is 11.6. The van der Waals surface area contributed by atoms with Crippen molar-refractivity contribution in [3.63, 3.8) is 0 Å². The Hall–Kier alpha value is -2.59. The number of carbonyl (C=O) groups is 1. The number of nitrogens with one attached hydrogen (secondary N) is 1. The lowest BCUT2D eigenvalue weighted by Crippen LogP contribution is -2.29. The van der Waals surface area contributed by atoms with Gasteiger partial charge in [0, 0.05) is 0 Å². The molecular weight excluding hydrogens is 324 g/mol. The van der Waals surface area contributed by atoms with E-state index < -0.39 is 0 Å². The molecule has 0 unspecified atom stereocenters. The van der Waals surface area contributed by atoms with Crippen LogP contribution in [-0.2, 0) is 4.79 Å². The first kappa shape index (κ1) is 17.8. The topological polar surface area (TPSA) is 87.9 Å². The molecule has 0 aliphatic rings. The van der Waals surface area contributed by atoms with Crippen LogP contribution in [-0.4, -0.2) is 34.8 Å². The normalized spacial score (nSPS) is 10.0. The summed E-state index contributed by atoms with van der Waals surface area (Å²) >= 11 is 1.24. The molecule has 1 heterocycles. The molecule has 0 saturated heterocycles. The third-order valence-electron chi connectivity index (χ3n) is 3.06. The van der Waals surface area contributed by atoms with Crippen molar-refractivity contribution in [2.75, 3.05) is 18.9 Å². The van der Waals surface area contributed by atoms with E-state index in [9.17, 15) is 10.1 Å². The Morgan fingerprint density at radius 3 is 2.75 bits per heavy atom. The molecule has 0 radical (unpaired) electrons. The second-order valence-electron chi connectivity index (χ2n) is 4.95. The molecule has 7 heteroatoms. The highest BCUT2D eigenvalue weighted by Crippen LogP contribution is 2.21. The zero-order valence-corrected chi connectivity index (χ0v) is 14.4.